The van der Waals surface area contributed by atoms with Gasteiger partial charge in [0, 0.05) is 62.9 Å². The van der Waals surface area contributed by atoms with Crippen molar-refractivity contribution in [1.82, 2.24) is 4.57 Å². The smallest absolute Gasteiger partial charge is 0.0509 e. The number of hydrogen-bond donors (Lipinski definition) is 0. The Morgan fingerprint density at radius 3 is 1.54 bits per heavy atom. The molecular formula is C47H39N3. The first-order chi connectivity index (χ1) is 24.4. The van der Waals surface area contributed by atoms with Crippen molar-refractivity contribution in [1.29, 1.82) is 0 Å². The predicted octanol–water partition coefficient (Wildman–Crippen LogP) is 12.9. The molecule has 1 aliphatic rings. The summed E-state index contributed by atoms with van der Waals surface area (Å²) < 4.78 is 2.32. The molecule has 0 unspecified atom stereocenters. The molecule has 3 heteroatoms. The SMILES string of the molecule is Cc1ccc2c(c1)C(C)(C)c1cc(N(c3ccc(N(c4ccccc4)c4ccccc4)cc3)c3ccc4c5ccccc5n(C)c4c3)ccc1-2. The maximum atomic E-state index is 2.42. The lowest BCUT2D eigenvalue weighted by atomic mass is 9.82. The van der Waals surface area contributed by atoms with E-state index in [1.165, 1.54) is 49.6 Å². The molecule has 0 aliphatic heterocycles. The maximum Gasteiger partial charge on any atom is 0.0509 e. The lowest BCUT2D eigenvalue weighted by molar-refractivity contribution is 0.660. The highest BCUT2D eigenvalue weighted by Crippen LogP contribution is 2.51. The Morgan fingerprint density at radius 1 is 0.420 bits per heavy atom. The summed E-state index contributed by atoms with van der Waals surface area (Å²) in [6.45, 7) is 6.92. The van der Waals surface area contributed by atoms with Gasteiger partial charge in [0.1, 0.15) is 0 Å². The highest BCUT2D eigenvalue weighted by molar-refractivity contribution is 6.09. The van der Waals surface area contributed by atoms with Crippen LogP contribution in [-0.4, -0.2) is 4.57 Å². The van der Waals surface area contributed by atoms with Gasteiger partial charge in [-0.1, -0.05) is 104 Å². The number of benzene rings is 7. The van der Waals surface area contributed by atoms with Gasteiger partial charge in [-0.15, -0.1) is 0 Å². The van der Waals surface area contributed by atoms with E-state index in [1.807, 2.05) is 0 Å². The van der Waals surface area contributed by atoms with Crippen molar-refractivity contribution in [2.45, 2.75) is 26.2 Å². The molecule has 0 radical (unpaired) electrons. The molecule has 0 saturated carbocycles. The molecular weight excluding hydrogens is 607 g/mol. The van der Waals surface area contributed by atoms with E-state index in [4.69, 9.17) is 0 Å². The fraction of sp³-hybridized carbons (Fsp3) is 0.106. The Balaban J connectivity index is 1.21. The number of aryl methyl sites for hydroxylation is 2. The van der Waals surface area contributed by atoms with Crippen LogP contribution in [-0.2, 0) is 12.5 Å². The Kier molecular flexibility index (Phi) is 6.92. The third kappa shape index (κ3) is 4.73. The number of aromatic nitrogens is 1. The van der Waals surface area contributed by atoms with Crippen LogP contribution in [0.3, 0.4) is 0 Å². The minimum Gasteiger partial charge on any atom is -0.344 e. The van der Waals surface area contributed by atoms with Crippen molar-refractivity contribution in [2.24, 2.45) is 7.05 Å². The van der Waals surface area contributed by atoms with Gasteiger partial charge in [-0.25, -0.2) is 0 Å². The van der Waals surface area contributed by atoms with E-state index in [9.17, 15) is 0 Å². The van der Waals surface area contributed by atoms with Crippen LogP contribution in [0.4, 0.5) is 34.1 Å². The van der Waals surface area contributed by atoms with E-state index in [0.29, 0.717) is 0 Å². The molecule has 0 fully saturated rings. The van der Waals surface area contributed by atoms with E-state index >= 15 is 0 Å². The van der Waals surface area contributed by atoms with Crippen LogP contribution in [0.15, 0.2) is 164 Å². The van der Waals surface area contributed by atoms with Crippen LogP contribution in [0.5, 0.6) is 0 Å². The van der Waals surface area contributed by atoms with Gasteiger partial charge in [0.2, 0.25) is 0 Å². The van der Waals surface area contributed by atoms with Gasteiger partial charge < -0.3 is 14.4 Å². The standard InChI is InChI=1S/C47H39N3/c1-32-19-26-39-40-27-24-37(30-44(40)47(2,3)43(39)29-32)50(38-25-28-42-41-17-11-12-18-45(41)48(4)46(42)31-38)36-22-20-35(21-23-36)49(33-13-7-5-8-14-33)34-15-9-6-10-16-34/h5-31H,1-4H3. The van der Waals surface area contributed by atoms with Gasteiger partial charge in [0.05, 0.1) is 5.52 Å². The third-order valence-corrected chi connectivity index (χ3v) is 10.6. The van der Waals surface area contributed by atoms with Crippen molar-refractivity contribution >= 4 is 55.9 Å². The Morgan fingerprint density at radius 2 is 0.880 bits per heavy atom. The number of para-hydroxylation sites is 3. The molecule has 0 N–H and O–H groups in total. The third-order valence-electron chi connectivity index (χ3n) is 10.6. The van der Waals surface area contributed by atoms with Crippen LogP contribution >= 0.6 is 0 Å². The summed E-state index contributed by atoms with van der Waals surface area (Å²) in [6, 6.07) is 59.7. The zero-order valence-corrected chi connectivity index (χ0v) is 28.9. The van der Waals surface area contributed by atoms with Crippen molar-refractivity contribution < 1.29 is 0 Å². The molecule has 0 spiro atoms. The Hall–Kier alpha value is -6.06. The van der Waals surface area contributed by atoms with Gasteiger partial charge >= 0.3 is 0 Å². The van der Waals surface area contributed by atoms with Crippen molar-refractivity contribution in [3.8, 4) is 11.1 Å². The summed E-state index contributed by atoms with van der Waals surface area (Å²) in [5, 5.41) is 2.55. The van der Waals surface area contributed by atoms with Gasteiger partial charge in [-0.2, -0.15) is 0 Å². The van der Waals surface area contributed by atoms with Gasteiger partial charge in [0.25, 0.3) is 0 Å². The van der Waals surface area contributed by atoms with Crippen LogP contribution in [0.2, 0.25) is 0 Å². The van der Waals surface area contributed by atoms with E-state index in [2.05, 4.69) is 206 Å². The molecule has 3 nitrogen and oxygen atoms in total. The summed E-state index contributed by atoms with van der Waals surface area (Å²) in [5.41, 5.74) is 15.8. The fourth-order valence-electron chi connectivity index (χ4n) is 8.07. The fourth-order valence-corrected chi connectivity index (χ4v) is 8.07. The second-order valence-corrected chi connectivity index (χ2v) is 14.0. The summed E-state index contributed by atoms with van der Waals surface area (Å²) in [7, 11) is 2.17. The Labute approximate surface area is 294 Å². The zero-order valence-electron chi connectivity index (χ0n) is 28.9. The quantitative estimate of drug-likeness (QED) is 0.178. The topological polar surface area (TPSA) is 11.4 Å². The molecule has 0 atom stereocenters. The van der Waals surface area contributed by atoms with Gasteiger partial charge in [0.15, 0.2) is 0 Å². The number of rotatable bonds is 6. The largest absolute Gasteiger partial charge is 0.344 e. The molecule has 1 heterocycles. The van der Waals surface area contributed by atoms with E-state index in [1.54, 1.807) is 0 Å². The number of nitrogens with zero attached hydrogens (tertiary/aromatic N) is 3. The lowest BCUT2D eigenvalue weighted by Gasteiger charge is -2.29. The summed E-state index contributed by atoms with van der Waals surface area (Å²) in [5.74, 6) is 0. The van der Waals surface area contributed by atoms with E-state index in [0.717, 1.165) is 34.1 Å². The van der Waals surface area contributed by atoms with E-state index in [-0.39, 0.29) is 5.41 Å². The highest BCUT2D eigenvalue weighted by atomic mass is 15.2. The van der Waals surface area contributed by atoms with Crippen LogP contribution < -0.4 is 9.80 Å². The minimum atomic E-state index is -0.103. The number of fused-ring (bicyclic) bond motifs is 6. The van der Waals surface area contributed by atoms with Crippen molar-refractivity contribution in [3.05, 3.63) is 180 Å². The van der Waals surface area contributed by atoms with E-state index < -0.39 is 0 Å². The lowest BCUT2D eigenvalue weighted by Crippen LogP contribution is -2.17. The number of hydrogen-bond acceptors (Lipinski definition) is 2. The molecule has 1 aliphatic carbocycles. The average Bonchev–Trinajstić information content (AvgIpc) is 3.56. The van der Waals surface area contributed by atoms with Crippen LogP contribution in [0.25, 0.3) is 32.9 Å². The molecule has 1 aromatic heterocycles. The molecule has 8 aromatic rings. The summed E-state index contributed by atoms with van der Waals surface area (Å²) >= 11 is 0. The normalized spacial score (nSPS) is 13.0. The van der Waals surface area contributed by atoms with Crippen molar-refractivity contribution in [3.63, 3.8) is 0 Å². The van der Waals surface area contributed by atoms with Gasteiger partial charge in [-0.3, -0.25) is 0 Å². The maximum absolute atomic E-state index is 2.42. The average molecular weight is 646 g/mol. The first-order valence-electron chi connectivity index (χ1n) is 17.4. The minimum absolute atomic E-state index is 0.103. The molecule has 50 heavy (non-hydrogen) atoms. The first kappa shape index (κ1) is 30.0. The molecule has 0 saturated heterocycles. The second-order valence-electron chi connectivity index (χ2n) is 14.0. The predicted molar refractivity (Wildman–Crippen MR) is 212 cm³/mol. The molecule has 7 aromatic carbocycles. The first-order valence-corrected chi connectivity index (χ1v) is 17.4. The van der Waals surface area contributed by atoms with Crippen molar-refractivity contribution in [2.75, 3.05) is 9.80 Å². The Bertz CT molecular complexity index is 2490. The zero-order chi connectivity index (χ0) is 34.0. The molecule has 9 rings (SSSR count). The summed E-state index contributed by atoms with van der Waals surface area (Å²) in [6.07, 6.45) is 0. The van der Waals surface area contributed by atoms with Gasteiger partial charge in [-0.05, 0) is 108 Å². The highest BCUT2D eigenvalue weighted by Gasteiger charge is 2.36. The number of anilines is 6. The summed E-state index contributed by atoms with van der Waals surface area (Å²) in [4.78, 5) is 4.73. The monoisotopic (exact) mass is 645 g/mol. The van der Waals surface area contributed by atoms with Crippen LogP contribution in [0, 0.1) is 6.92 Å². The molecule has 0 bridgehead atoms. The second kappa shape index (κ2) is 11.5. The molecule has 242 valence electrons. The van der Waals surface area contributed by atoms with Crippen LogP contribution in [0.1, 0.15) is 30.5 Å². The molecule has 0 amide bonds.